The number of benzene rings is 2. The molecule has 0 saturated heterocycles. The molecule has 0 saturated carbocycles. The summed E-state index contributed by atoms with van der Waals surface area (Å²) in [5, 5.41) is 4.70. The third kappa shape index (κ3) is 4.07. The number of ether oxygens (including phenoxy) is 1. The standard InChI is InChI=1S/C22H22IN3O4/c1-3-29-30-14-20-19-12-13-25(16-6-4-15(23)5-7-16)22(27)21(19)26(24-20)17-8-10-18(28-2)11-9-17/h4-11H,3,12-14H2,1-2H3. The summed E-state index contributed by atoms with van der Waals surface area (Å²) in [5.74, 6) is 0.662. The third-order valence-electron chi connectivity index (χ3n) is 4.95. The third-order valence-corrected chi connectivity index (χ3v) is 5.67. The normalized spacial score (nSPS) is 13.4. The van der Waals surface area contributed by atoms with Crippen LogP contribution in [-0.4, -0.2) is 35.9 Å². The summed E-state index contributed by atoms with van der Waals surface area (Å²) in [7, 11) is 1.62. The first-order valence-electron chi connectivity index (χ1n) is 9.69. The Balaban J connectivity index is 1.75. The lowest BCUT2D eigenvalue weighted by Gasteiger charge is -2.28. The van der Waals surface area contributed by atoms with E-state index in [1.807, 2.05) is 55.5 Å². The van der Waals surface area contributed by atoms with Gasteiger partial charge in [-0.2, -0.15) is 5.10 Å². The van der Waals surface area contributed by atoms with E-state index in [0.717, 1.165) is 26.3 Å². The zero-order chi connectivity index (χ0) is 21.1. The van der Waals surface area contributed by atoms with E-state index in [0.29, 0.717) is 31.0 Å². The van der Waals surface area contributed by atoms with E-state index in [-0.39, 0.29) is 12.5 Å². The summed E-state index contributed by atoms with van der Waals surface area (Å²) in [6.07, 6.45) is 0.689. The number of amides is 1. The minimum absolute atomic E-state index is 0.0802. The Kier molecular flexibility index (Phi) is 6.35. The van der Waals surface area contributed by atoms with Gasteiger partial charge in [-0.3, -0.25) is 4.79 Å². The van der Waals surface area contributed by atoms with Crippen molar-refractivity contribution in [3.05, 3.63) is 69.1 Å². The lowest BCUT2D eigenvalue weighted by molar-refractivity contribution is -0.301. The number of nitrogens with zero attached hydrogens (tertiary/aromatic N) is 3. The molecule has 1 aromatic heterocycles. The van der Waals surface area contributed by atoms with Gasteiger partial charge in [0.15, 0.2) is 0 Å². The molecule has 0 aliphatic carbocycles. The van der Waals surface area contributed by atoms with Crippen LogP contribution in [0.5, 0.6) is 5.75 Å². The van der Waals surface area contributed by atoms with Crippen molar-refractivity contribution < 1.29 is 19.3 Å². The van der Waals surface area contributed by atoms with Crippen LogP contribution in [0, 0.1) is 3.57 Å². The van der Waals surface area contributed by atoms with Gasteiger partial charge >= 0.3 is 0 Å². The van der Waals surface area contributed by atoms with E-state index in [4.69, 9.17) is 19.6 Å². The van der Waals surface area contributed by atoms with E-state index in [2.05, 4.69) is 22.6 Å². The first-order chi connectivity index (χ1) is 14.6. The zero-order valence-corrected chi connectivity index (χ0v) is 19.0. The molecule has 4 rings (SSSR count). The molecule has 1 amide bonds. The van der Waals surface area contributed by atoms with Crippen LogP contribution in [0.1, 0.15) is 28.7 Å². The molecule has 7 nitrogen and oxygen atoms in total. The van der Waals surface area contributed by atoms with Crippen LogP contribution in [0.25, 0.3) is 5.69 Å². The van der Waals surface area contributed by atoms with Gasteiger partial charge in [-0.05, 0) is 84.5 Å². The first-order valence-corrected chi connectivity index (χ1v) is 10.8. The van der Waals surface area contributed by atoms with Crippen molar-refractivity contribution in [1.82, 2.24) is 9.78 Å². The number of halogens is 1. The molecule has 156 valence electrons. The average molecular weight is 519 g/mol. The van der Waals surface area contributed by atoms with Crippen molar-refractivity contribution in [1.29, 1.82) is 0 Å². The molecular weight excluding hydrogens is 497 g/mol. The maximum Gasteiger partial charge on any atom is 0.277 e. The molecule has 0 bridgehead atoms. The first kappa shape index (κ1) is 20.8. The van der Waals surface area contributed by atoms with Gasteiger partial charge in [-0.1, -0.05) is 0 Å². The summed E-state index contributed by atoms with van der Waals surface area (Å²) >= 11 is 2.26. The molecule has 0 radical (unpaired) electrons. The number of hydrogen-bond acceptors (Lipinski definition) is 5. The topological polar surface area (TPSA) is 65.8 Å². The molecule has 1 aliphatic heterocycles. The quantitative estimate of drug-likeness (QED) is 0.203. The highest BCUT2D eigenvalue weighted by atomic mass is 127. The van der Waals surface area contributed by atoms with E-state index in [9.17, 15) is 4.79 Å². The maximum absolute atomic E-state index is 13.5. The summed E-state index contributed by atoms with van der Waals surface area (Å²) in [4.78, 5) is 25.6. The van der Waals surface area contributed by atoms with E-state index >= 15 is 0 Å². The van der Waals surface area contributed by atoms with Crippen LogP contribution in [0.4, 0.5) is 5.69 Å². The highest BCUT2D eigenvalue weighted by Crippen LogP contribution is 2.30. The number of aromatic nitrogens is 2. The van der Waals surface area contributed by atoms with Crippen LogP contribution in [0.2, 0.25) is 0 Å². The van der Waals surface area contributed by atoms with Crippen molar-refractivity contribution in [3.8, 4) is 11.4 Å². The number of carbonyl (C=O) groups excluding carboxylic acids is 1. The van der Waals surface area contributed by atoms with E-state index in [1.165, 1.54) is 0 Å². The van der Waals surface area contributed by atoms with Crippen molar-refractivity contribution in [3.63, 3.8) is 0 Å². The molecule has 0 fully saturated rings. The van der Waals surface area contributed by atoms with Gasteiger partial charge in [0, 0.05) is 21.4 Å². The number of rotatable bonds is 7. The Hall–Kier alpha value is -2.43. The van der Waals surface area contributed by atoms with Crippen molar-refractivity contribution >= 4 is 34.2 Å². The predicted molar refractivity (Wildman–Crippen MR) is 121 cm³/mol. The van der Waals surface area contributed by atoms with Crippen LogP contribution in [0.15, 0.2) is 48.5 Å². The largest absolute Gasteiger partial charge is 0.497 e. The SMILES string of the molecule is CCOOCc1nn(-c2ccc(OC)cc2)c2c1CCN(c1ccc(I)cc1)C2=O. The smallest absolute Gasteiger partial charge is 0.277 e. The Morgan fingerprint density at radius 1 is 1.03 bits per heavy atom. The van der Waals surface area contributed by atoms with Gasteiger partial charge in [-0.25, -0.2) is 14.5 Å². The molecule has 0 spiro atoms. The van der Waals surface area contributed by atoms with Crippen LogP contribution in [-0.2, 0) is 22.8 Å². The van der Waals surface area contributed by atoms with Gasteiger partial charge in [0.05, 0.1) is 25.1 Å². The van der Waals surface area contributed by atoms with Crippen molar-refractivity contribution in [2.45, 2.75) is 20.0 Å². The minimum Gasteiger partial charge on any atom is -0.497 e. The molecule has 1 aliphatic rings. The molecule has 2 aromatic carbocycles. The van der Waals surface area contributed by atoms with E-state index in [1.54, 1.807) is 16.7 Å². The van der Waals surface area contributed by atoms with Crippen LogP contribution in [0.3, 0.4) is 0 Å². The summed E-state index contributed by atoms with van der Waals surface area (Å²) < 4.78 is 8.07. The molecular formula is C22H22IN3O4. The molecule has 30 heavy (non-hydrogen) atoms. The van der Waals surface area contributed by atoms with Crippen molar-refractivity contribution in [2.75, 3.05) is 25.2 Å². The Labute approximate surface area is 188 Å². The Bertz CT molecular complexity index is 1030. The molecule has 3 aromatic rings. The fraction of sp³-hybridized carbons (Fsp3) is 0.273. The van der Waals surface area contributed by atoms with Gasteiger partial charge in [0.25, 0.3) is 5.91 Å². The highest BCUT2D eigenvalue weighted by Gasteiger charge is 2.33. The van der Waals surface area contributed by atoms with Crippen LogP contribution < -0.4 is 9.64 Å². The number of anilines is 1. The zero-order valence-electron chi connectivity index (χ0n) is 16.8. The molecule has 0 N–H and O–H groups in total. The Morgan fingerprint density at radius 3 is 2.40 bits per heavy atom. The molecule has 0 unspecified atom stereocenters. The fourth-order valence-corrected chi connectivity index (χ4v) is 3.86. The summed E-state index contributed by atoms with van der Waals surface area (Å²) in [6.45, 7) is 3.08. The maximum atomic E-state index is 13.5. The molecule has 2 heterocycles. The second-order valence-electron chi connectivity index (χ2n) is 6.74. The van der Waals surface area contributed by atoms with Gasteiger partial charge in [0.1, 0.15) is 18.1 Å². The monoisotopic (exact) mass is 519 g/mol. The van der Waals surface area contributed by atoms with Crippen molar-refractivity contribution in [2.24, 2.45) is 0 Å². The number of carbonyl (C=O) groups is 1. The fourth-order valence-electron chi connectivity index (χ4n) is 3.51. The van der Waals surface area contributed by atoms with Crippen LogP contribution >= 0.6 is 22.6 Å². The molecule has 0 atom stereocenters. The molecule has 8 heteroatoms. The average Bonchev–Trinajstić information content (AvgIpc) is 3.14. The van der Waals surface area contributed by atoms with E-state index < -0.39 is 0 Å². The number of methoxy groups -OCH3 is 1. The minimum atomic E-state index is -0.0802. The van der Waals surface area contributed by atoms with Gasteiger partial charge in [0.2, 0.25) is 0 Å². The Morgan fingerprint density at radius 2 is 1.73 bits per heavy atom. The number of fused-ring (bicyclic) bond motifs is 1. The summed E-state index contributed by atoms with van der Waals surface area (Å²) in [6, 6.07) is 15.4. The number of hydrogen-bond donors (Lipinski definition) is 0. The second kappa shape index (κ2) is 9.15. The van der Waals surface area contributed by atoms with Gasteiger partial charge in [-0.15, -0.1) is 0 Å². The van der Waals surface area contributed by atoms with Gasteiger partial charge < -0.3 is 9.64 Å². The lowest BCUT2D eigenvalue weighted by atomic mass is 10.0. The highest BCUT2D eigenvalue weighted by molar-refractivity contribution is 14.1. The predicted octanol–water partition coefficient (Wildman–Crippen LogP) is 4.16. The summed E-state index contributed by atoms with van der Waals surface area (Å²) in [5.41, 5.74) is 3.83. The lowest BCUT2D eigenvalue weighted by Crippen LogP contribution is -2.38. The second-order valence-corrected chi connectivity index (χ2v) is 7.98.